The van der Waals surface area contributed by atoms with Gasteiger partial charge in [-0.3, -0.25) is 0 Å². The van der Waals surface area contributed by atoms with Crippen LogP contribution in [0.3, 0.4) is 0 Å². The highest BCUT2D eigenvalue weighted by molar-refractivity contribution is 5.28. The van der Waals surface area contributed by atoms with E-state index < -0.39 is 0 Å². The fraction of sp³-hybridized carbons (Fsp3) is 0.625. The molecule has 0 heterocycles. The van der Waals surface area contributed by atoms with E-state index in [1.54, 1.807) is 0 Å². The Bertz CT molecular complexity index is 358. The van der Waals surface area contributed by atoms with E-state index in [1.807, 2.05) is 0 Å². The number of hydrogen-bond donors (Lipinski definition) is 1. The third-order valence-corrected chi connectivity index (χ3v) is 4.30. The molecule has 0 aromatic heterocycles. The van der Waals surface area contributed by atoms with E-state index in [0.29, 0.717) is 6.04 Å². The molecule has 0 bridgehead atoms. The highest BCUT2D eigenvalue weighted by atomic mass is 15.0. The van der Waals surface area contributed by atoms with Crippen LogP contribution >= 0.6 is 0 Å². The molecule has 0 aliphatic heterocycles. The van der Waals surface area contributed by atoms with Crippen molar-refractivity contribution in [1.82, 2.24) is 5.32 Å². The van der Waals surface area contributed by atoms with Crippen LogP contribution in [0.4, 0.5) is 0 Å². The quantitative estimate of drug-likeness (QED) is 0.818. The molecule has 1 heteroatoms. The maximum absolute atomic E-state index is 3.84. The Balaban J connectivity index is 2.01. The lowest BCUT2D eigenvalue weighted by atomic mass is 9.97. The zero-order chi connectivity index (χ0) is 12.3. The lowest BCUT2D eigenvalue weighted by Gasteiger charge is -2.25. The van der Waals surface area contributed by atoms with Crippen LogP contribution in [0.5, 0.6) is 0 Å². The fourth-order valence-electron chi connectivity index (χ4n) is 3.23. The predicted molar refractivity (Wildman–Crippen MR) is 74.1 cm³/mol. The topological polar surface area (TPSA) is 12.0 Å². The summed E-state index contributed by atoms with van der Waals surface area (Å²) >= 11 is 0. The summed E-state index contributed by atoms with van der Waals surface area (Å²) in [4.78, 5) is 0. The largest absolute Gasteiger partial charge is 0.307 e. The Hall–Kier alpha value is -0.820. The van der Waals surface area contributed by atoms with Gasteiger partial charge in [-0.15, -0.1) is 0 Å². The molecular weight excluding hydrogens is 206 g/mol. The molecule has 2 rings (SSSR count). The highest BCUT2D eigenvalue weighted by Gasteiger charge is 2.26. The average molecular weight is 231 g/mol. The maximum atomic E-state index is 3.84. The van der Waals surface area contributed by atoms with Crippen molar-refractivity contribution in [1.29, 1.82) is 0 Å². The molecule has 94 valence electrons. The Morgan fingerprint density at radius 1 is 1.29 bits per heavy atom. The summed E-state index contributed by atoms with van der Waals surface area (Å²) < 4.78 is 0. The Kier molecular flexibility index (Phi) is 4.22. The summed E-state index contributed by atoms with van der Waals surface area (Å²) in [6.45, 7) is 6.83. The van der Waals surface area contributed by atoms with Crippen molar-refractivity contribution in [3.63, 3.8) is 0 Å². The molecule has 0 radical (unpaired) electrons. The third kappa shape index (κ3) is 2.90. The van der Waals surface area contributed by atoms with E-state index in [4.69, 9.17) is 0 Å². The van der Waals surface area contributed by atoms with Crippen molar-refractivity contribution in [3.8, 4) is 0 Å². The molecule has 0 saturated heterocycles. The second-order valence-corrected chi connectivity index (χ2v) is 5.45. The molecule has 3 atom stereocenters. The molecule has 17 heavy (non-hydrogen) atoms. The van der Waals surface area contributed by atoms with Crippen molar-refractivity contribution in [2.24, 2.45) is 5.92 Å². The highest BCUT2D eigenvalue weighted by Crippen LogP contribution is 2.30. The number of benzene rings is 1. The van der Waals surface area contributed by atoms with E-state index in [-0.39, 0.29) is 0 Å². The first-order valence-electron chi connectivity index (χ1n) is 7.04. The van der Waals surface area contributed by atoms with Crippen molar-refractivity contribution in [2.75, 3.05) is 0 Å². The van der Waals surface area contributed by atoms with Crippen LogP contribution in [-0.2, 0) is 0 Å². The van der Waals surface area contributed by atoms with E-state index in [2.05, 4.69) is 50.4 Å². The number of aryl methyl sites for hydroxylation is 1. The average Bonchev–Trinajstić information content (AvgIpc) is 2.76. The lowest BCUT2D eigenvalue weighted by Crippen LogP contribution is -2.34. The van der Waals surface area contributed by atoms with Gasteiger partial charge in [0, 0.05) is 12.1 Å². The molecule has 1 N–H and O–H groups in total. The number of hydrogen-bond acceptors (Lipinski definition) is 1. The first-order chi connectivity index (χ1) is 8.22. The third-order valence-electron chi connectivity index (χ3n) is 4.30. The smallest absolute Gasteiger partial charge is 0.0297 e. The Morgan fingerprint density at radius 2 is 2.06 bits per heavy atom. The summed E-state index contributed by atoms with van der Waals surface area (Å²) in [5.41, 5.74) is 2.85. The molecular formula is C16H25N. The zero-order valence-electron chi connectivity index (χ0n) is 11.4. The van der Waals surface area contributed by atoms with Gasteiger partial charge in [-0.1, -0.05) is 44.0 Å². The molecule has 1 aliphatic rings. The molecule has 1 aromatic rings. The number of rotatable bonds is 4. The molecule has 0 spiro atoms. The van der Waals surface area contributed by atoms with Gasteiger partial charge in [0.05, 0.1) is 0 Å². The standard InChI is InChI=1S/C16H25N/c1-4-14-9-7-11-16(14)17-13(3)15-10-6-5-8-12(15)2/h5-6,8,10,13-14,16-17H,4,7,9,11H2,1-3H3/t13-,14?,16?/m0/s1. The van der Waals surface area contributed by atoms with Gasteiger partial charge in [0.1, 0.15) is 0 Å². The van der Waals surface area contributed by atoms with E-state index in [0.717, 1.165) is 12.0 Å². The Labute approximate surface area is 106 Å². The van der Waals surface area contributed by atoms with E-state index in [9.17, 15) is 0 Å². The monoisotopic (exact) mass is 231 g/mol. The normalized spacial score (nSPS) is 26.1. The maximum Gasteiger partial charge on any atom is 0.0297 e. The van der Waals surface area contributed by atoms with Crippen LogP contribution in [-0.4, -0.2) is 6.04 Å². The van der Waals surface area contributed by atoms with Crippen LogP contribution < -0.4 is 5.32 Å². The molecule has 1 fully saturated rings. The van der Waals surface area contributed by atoms with Crippen molar-refractivity contribution in [3.05, 3.63) is 35.4 Å². The zero-order valence-corrected chi connectivity index (χ0v) is 11.4. The minimum absolute atomic E-state index is 0.480. The summed E-state index contributed by atoms with van der Waals surface area (Å²) in [6, 6.07) is 9.94. The van der Waals surface area contributed by atoms with Crippen LogP contribution in [0.1, 0.15) is 56.7 Å². The minimum Gasteiger partial charge on any atom is -0.307 e. The molecule has 1 aromatic carbocycles. The molecule has 1 aliphatic carbocycles. The molecule has 1 saturated carbocycles. The molecule has 0 amide bonds. The first kappa shape index (κ1) is 12.6. The molecule has 1 nitrogen and oxygen atoms in total. The van der Waals surface area contributed by atoms with Gasteiger partial charge in [0.25, 0.3) is 0 Å². The summed E-state index contributed by atoms with van der Waals surface area (Å²) in [5.74, 6) is 0.890. The first-order valence-corrected chi connectivity index (χ1v) is 7.04. The van der Waals surface area contributed by atoms with Crippen molar-refractivity contribution < 1.29 is 0 Å². The minimum atomic E-state index is 0.480. The van der Waals surface area contributed by atoms with Gasteiger partial charge in [-0.25, -0.2) is 0 Å². The van der Waals surface area contributed by atoms with E-state index >= 15 is 0 Å². The SMILES string of the molecule is CCC1CCCC1N[C@@H](C)c1ccccc1C. The van der Waals surface area contributed by atoms with Gasteiger partial charge >= 0.3 is 0 Å². The van der Waals surface area contributed by atoms with Crippen molar-refractivity contribution in [2.45, 2.75) is 58.5 Å². The van der Waals surface area contributed by atoms with Crippen molar-refractivity contribution >= 4 is 0 Å². The van der Waals surface area contributed by atoms with Gasteiger partial charge in [-0.05, 0) is 43.7 Å². The van der Waals surface area contributed by atoms with Gasteiger partial charge < -0.3 is 5.32 Å². The second kappa shape index (κ2) is 5.68. The summed E-state index contributed by atoms with van der Waals surface area (Å²) in [7, 11) is 0. The fourth-order valence-corrected chi connectivity index (χ4v) is 3.23. The predicted octanol–water partition coefficient (Wildman–Crippen LogP) is 4.22. The molecule has 2 unspecified atom stereocenters. The second-order valence-electron chi connectivity index (χ2n) is 5.45. The van der Waals surface area contributed by atoms with Gasteiger partial charge in [-0.2, -0.15) is 0 Å². The Morgan fingerprint density at radius 3 is 2.76 bits per heavy atom. The van der Waals surface area contributed by atoms with Crippen LogP contribution in [0.2, 0.25) is 0 Å². The van der Waals surface area contributed by atoms with Gasteiger partial charge in [0.15, 0.2) is 0 Å². The van der Waals surface area contributed by atoms with Crippen LogP contribution in [0, 0.1) is 12.8 Å². The number of nitrogens with one attached hydrogen (secondary N) is 1. The lowest BCUT2D eigenvalue weighted by molar-refractivity contribution is 0.360. The van der Waals surface area contributed by atoms with E-state index in [1.165, 1.54) is 36.8 Å². The van der Waals surface area contributed by atoms with Crippen LogP contribution in [0.15, 0.2) is 24.3 Å². The van der Waals surface area contributed by atoms with Crippen LogP contribution in [0.25, 0.3) is 0 Å². The van der Waals surface area contributed by atoms with Gasteiger partial charge in [0.2, 0.25) is 0 Å². The summed E-state index contributed by atoms with van der Waals surface area (Å²) in [5, 5.41) is 3.84. The summed E-state index contributed by atoms with van der Waals surface area (Å²) in [6.07, 6.45) is 5.48.